The second kappa shape index (κ2) is 2.53. The highest BCUT2D eigenvalue weighted by atomic mass is 32.3. The van der Waals surface area contributed by atoms with Gasteiger partial charge in [-0.2, -0.15) is 0 Å². The fourth-order valence-electron chi connectivity index (χ4n) is 1.60. The molecule has 0 bridgehead atoms. The van der Waals surface area contributed by atoms with Crippen molar-refractivity contribution in [2.75, 3.05) is 18.8 Å². The van der Waals surface area contributed by atoms with E-state index < -0.39 is 0 Å². The Balaban J connectivity index is 2.42. The van der Waals surface area contributed by atoms with Crippen molar-refractivity contribution in [3.63, 3.8) is 0 Å². The molecule has 0 aromatic heterocycles. The third-order valence-corrected chi connectivity index (χ3v) is 4.77. The number of hydrogen-bond donors (Lipinski definition) is 0. The lowest BCUT2D eigenvalue weighted by Crippen LogP contribution is -2.10. The van der Waals surface area contributed by atoms with Crippen LogP contribution in [-0.2, 0) is 0 Å². The smallest absolute Gasteiger partial charge is 0.0119 e. The quantitative estimate of drug-likeness (QED) is 0.533. The summed E-state index contributed by atoms with van der Waals surface area (Å²) in [5.74, 6) is 0. The Morgan fingerprint density at radius 2 is 1.44 bits per heavy atom. The molecule has 1 rings (SSSR count). The molecule has 1 aliphatic carbocycles. The van der Waals surface area contributed by atoms with Crippen LogP contribution in [0, 0.1) is 0 Å². The average molecular weight is 146 g/mol. The van der Waals surface area contributed by atoms with Crippen LogP contribution in [0.3, 0.4) is 0 Å². The maximum atomic E-state index is 2.45. The van der Waals surface area contributed by atoms with Gasteiger partial charge in [0.25, 0.3) is 0 Å². The largest absolute Gasteiger partial charge is 0.247 e. The van der Waals surface area contributed by atoms with Gasteiger partial charge in [0, 0.05) is 0 Å². The van der Waals surface area contributed by atoms with Gasteiger partial charge in [0.15, 0.2) is 0 Å². The highest BCUT2D eigenvalue weighted by Crippen LogP contribution is 2.48. The molecular formula is C8H18S. The lowest BCUT2D eigenvalue weighted by molar-refractivity contribution is 0.886. The molecule has 0 N–H and O–H groups in total. The molecule has 0 atom stereocenters. The van der Waals surface area contributed by atoms with Crippen molar-refractivity contribution in [2.45, 2.75) is 30.9 Å². The number of hydrogen-bond acceptors (Lipinski definition) is 0. The third kappa shape index (κ3) is 1.89. The van der Waals surface area contributed by atoms with Crippen molar-refractivity contribution in [1.29, 1.82) is 0 Å². The van der Waals surface area contributed by atoms with E-state index in [2.05, 4.69) is 18.8 Å². The Hall–Kier alpha value is 0.350. The van der Waals surface area contributed by atoms with Gasteiger partial charge in [-0.3, -0.25) is 0 Å². The summed E-state index contributed by atoms with van der Waals surface area (Å²) < 4.78 is 0. The Labute approximate surface area is 60.3 Å². The van der Waals surface area contributed by atoms with Gasteiger partial charge >= 0.3 is 0 Å². The van der Waals surface area contributed by atoms with Crippen LogP contribution in [0.4, 0.5) is 0 Å². The first-order chi connectivity index (χ1) is 4.11. The van der Waals surface area contributed by atoms with Crippen LogP contribution in [0.25, 0.3) is 0 Å². The first-order valence-corrected chi connectivity index (χ1v) is 6.70. The normalized spacial score (nSPS) is 24.8. The van der Waals surface area contributed by atoms with Gasteiger partial charge < -0.3 is 0 Å². The lowest BCUT2D eigenvalue weighted by atomic mass is 10.4. The third-order valence-electron chi connectivity index (χ3n) is 2.30. The summed E-state index contributed by atoms with van der Waals surface area (Å²) in [4.78, 5) is 0. The summed E-state index contributed by atoms with van der Waals surface area (Å²) >= 11 is 0. The van der Waals surface area contributed by atoms with E-state index in [0.29, 0.717) is 0 Å². The van der Waals surface area contributed by atoms with Crippen LogP contribution >= 0.6 is 10.0 Å². The Morgan fingerprint density at radius 1 is 1.00 bits per heavy atom. The van der Waals surface area contributed by atoms with Crippen molar-refractivity contribution in [1.82, 2.24) is 0 Å². The van der Waals surface area contributed by atoms with E-state index in [1.54, 1.807) is 0 Å². The van der Waals surface area contributed by atoms with Crippen LogP contribution in [0.15, 0.2) is 0 Å². The first kappa shape index (κ1) is 7.46. The van der Waals surface area contributed by atoms with E-state index in [1.807, 2.05) is 0 Å². The molecule has 0 heterocycles. The zero-order chi connectivity index (χ0) is 6.91. The Morgan fingerprint density at radius 3 is 1.67 bits per heavy atom. The molecule has 56 valence electrons. The second-order valence-electron chi connectivity index (χ2n) is 3.84. The monoisotopic (exact) mass is 146 g/mol. The lowest BCUT2D eigenvalue weighted by Gasteiger charge is -2.32. The highest BCUT2D eigenvalue weighted by molar-refractivity contribution is 8.32. The van der Waals surface area contributed by atoms with Crippen molar-refractivity contribution >= 4 is 10.0 Å². The van der Waals surface area contributed by atoms with Gasteiger partial charge in [-0.1, -0.05) is 12.8 Å². The minimum atomic E-state index is -0.203. The predicted molar refractivity (Wildman–Crippen MR) is 47.6 cm³/mol. The molecule has 0 saturated heterocycles. The summed E-state index contributed by atoms with van der Waals surface area (Å²) in [5.41, 5.74) is 0. The van der Waals surface area contributed by atoms with E-state index in [-0.39, 0.29) is 10.0 Å². The second-order valence-corrected chi connectivity index (χ2v) is 8.37. The Bertz CT molecular complexity index is 85.2. The molecule has 1 aliphatic rings. The van der Waals surface area contributed by atoms with Crippen LogP contribution in [0.5, 0.6) is 0 Å². The van der Waals surface area contributed by atoms with Crippen LogP contribution in [0.1, 0.15) is 25.7 Å². The maximum absolute atomic E-state index is 2.45. The first-order valence-electron chi connectivity index (χ1n) is 3.78. The minimum Gasteiger partial charge on any atom is -0.247 e. The van der Waals surface area contributed by atoms with Gasteiger partial charge in [-0.25, -0.2) is 10.0 Å². The van der Waals surface area contributed by atoms with E-state index in [0.717, 1.165) is 5.25 Å². The van der Waals surface area contributed by atoms with E-state index in [1.165, 1.54) is 25.7 Å². The molecule has 1 saturated carbocycles. The fourth-order valence-corrected chi connectivity index (χ4v) is 3.34. The average Bonchev–Trinajstić information content (AvgIpc) is 2.08. The fraction of sp³-hybridized carbons (Fsp3) is 1.00. The summed E-state index contributed by atoms with van der Waals surface area (Å²) in [6.45, 7) is 0. The van der Waals surface area contributed by atoms with Gasteiger partial charge in [-0.15, -0.1) is 0 Å². The van der Waals surface area contributed by atoms with Gasteiger partial charge in [0.05, 0.1) is 0 Å². The van der Waals surface area contributed by atoms with Crippen molar-refractivity contribution < 1.29 is 0 Å². The highest BCUT2D eigenvalue weighted by Gasteiger charge is 2.23. The summed E-state index contributed by atoms with van der Waals surface area (Å²) in [6, 6.07) is 0. The van der Waals surface area contributed by atoms with Crippen LogP contribution in [0.2, 0.25) is 0 Å². The van der Waals surface area contributed by atoms with Gasteiger partial charge in [-0.05, 0) is 36.9 Å². The summed E-state index contributed by atoms with van der Waals surface area (Å²) in [6.07, 6.45) is 13.4. The van der Waals surface area contributed by atoms with E-state index >= 15 is 0 Å². The molecule has 0 aromatic rings. The molecule has 1 fully saturated rings. The zero-order valence-corrected chi connectivity index (χ0v) is 7.63. The zero-order valence-electron chi connectivity index (χ0n) is 6.81. The molecule has 0 radical (unpaired) electrons. The molecule has 0 nitrogen and oxygen atoms in total. The molecule has 0 aliphatic heterocycles. The Kier molecular flexibility index (Phi) is 2.10. The molecule has 0 aromatic carbocycles. The van der Waals surface area contributed by atoms with Crippen molar-refractivity contribution in [3.8, 4) is 0 Å². The van der Waals surface area contributed by atoms with E-state index in [9.17, 15) is 0 Å². The minimum absolute atomic E-state index is 0.203. The van der Waals surface area contributed by atoms with Crippen LogP contribution < -0.4 is 0 Å². The van der Waals surface area contributed by atoms with Gasteiger partial charge in [0.2, 0.25) is 0 Å². The molecule has 9 heavy (non-hydrogen) atoms. The number of rotatable bonds is 1. The van der Waals surface area contributed by atoms with Crippen molar-refractivity contribution in [3.05, 3.63) is 0 Å². The van der Waals surface area contributed by atoms with Crippen molar-refractivity contribution in [2.24, 2.45) is 0 Å². The SMILES string of the molecule is CS(C)(C)C1CCCC1. The predicted octanol–water partition coefficient (Wildman–Crippen LogP) is 2.62. The topological polar surface area (TPSA) is 0 Å². The molecular weight excluding hydrogens is 128 g/mol. The summed E-state index contributed by atoms with van der Waals surface area (Å²) in [7, 11) is -0.203. The van der Waals surface area contributed by atoms with E-state index in [4.69, 9.17) is 0 Å². The summed E-state index contributed by atoms with van der Waals surface area (Å²) in [5, 5.41) is 1.09. The molecule has 1 heteroatoms. The maximum Gasteiger partial charge on any atom is -0.0119 e. The molecule has 0 spiro atoms. The van der Waals surface area contributed by atoms with Crippen LogP contribution in [-0.4, -0.2) is 24.0 Å². The molecule has 0 amide bonds. The molecule has 0 unspecified atom stereocenters. The standard InChI is InChI=1S/C8H18S/c1-9(2,3)8-6-4-5-7-8/h8H,4-7H2,1-3H3. The van der Waals surface area contributed by atoms with Gasteiger partial charge in [0.1, 0.15) is 0 Å².